The maximum Gasteiger partial charge on any atom is 0.227 e. The average Bonchev–Trinajstić information content (AvgIpc) is 2.89. The lowest BCUT2D eigenvalue weighted by molar-refractivity contribution is -0.126. The first-order chi connectivity index (χ1) is 11.0. The molecule has 0 spiro atoms. The van der Waals surface area contributed by atoms with Crippen LogP contribution >= 0.6 is 15.9 Å². The van der Waals surface area contributed by atoms with E-state index in [1.54, 1.807) is 4.90 Å². The molecule has 0 aliphatic carbocycles. The number of nitrogens with zero attached hydrogens (tertiary/aromatic N) is 1. The Labute approximate surface area is 145 Å². The molecule has 1 aromatic carbocycles. The predicted molar refractivity (Wildman–Crippen MR) is 93.3 cm³/mol. The highest BCUT2D eigenvalue weighted by atomic mass is 79.9. The van der Waals surface area contributed by atoms with E-state index >= 15 is 0 Å². The van der Waals surface area contributed by atoms with Crippen LogP contribution in [0.2, 0.25) is 0 Å². The molecule has 1 N–H and O–H groups in total. The molecule has 0 saturated carbocycles. The minimum Gasteiger partial charge on any atom is -0.379 e. The number of hydrogen-bond donors (Lipinski definition) is 1. The van der Waals surface area contributed by atoms with Crippen molar-refractivity contribution in [3.05, 3.63) is 28.7 Å². The van der Waals surface area contributed by atoms with Gasteiger partial charge in [0, 0.05) is 30.6 Å². The number of hydrogen-bond acceptors (Lipinski definition) is 3. The van der Waals surface area contributed by atoms with Crippen LogP contribution in [-0.2, 0) is 14.3 Å². The lowest BCUT2D eigenvalue weighted by atomic mass is 10.1. The fourth-order valence-corrected chi connectivity index (χ4v) is 3.03. The Morgan fingerprint density at radius 2 is 2.17 bits per heavy atom. The van der Waals surface area contributed by atoms with Crippen LogP contribution in [0.3, 0.4) is 0 Å². The summed E-state index contributed by atoms with van der Waals surface area (Å²) < 4.78 is 6.30. The Bertz CT molecular complexity index is 563. The van der Waals surface area contributed by atoms with Gasteiger partial charge >= 0.3 is 0 Å². The van der Waals surface area contributed by atoms with Gasteiger partial charge in [-0.1, -0.05) is 12.1 Å². The first-order valence-electron chi connectivity index (χ1n) is 7.93. The first kappa shape index (κ1) is 17.9. The van der Waals surface area contributed by atoms with Gasteiger partial charge in [0.05, 0.1) is 17.7 Å². The van der Waals surface area contributed by atoms with Gasteiger partial charge in [-0.25, -0.2) is 0 Å². The van der Waals surface area contributed by atoms with Crippen molar-refractivity contribution in [1.29, 1.82) is 0 Å². The third-order valence-electron chi connectivity index (χ3n) is 3.71. The van der Waals surface area contributed by atoms with E-state index in [1.807, 2.05) is 38.1 Å². The van der Waals surface area contributed by atoms with Crippen LogP contribution in [0.1, 0.15) is 26.7 Å². The molecule has 0 aromatic heterocycles. The minimum atomic E-state index is -0.291. The van der Waals surface area contributed by atoms with Crippen molar-refractivity contribution >= 4 is 33.4 Å². The molecule has 5 nitrogen and oxygen atoms in total. The summed E-state index contributed by atoms with van der Waals surface area (Å²) in [6.07, 6.45) is 1.24. The molecule has 1 aliphatic heterocycles. The summed E-state index contributed by atoms with van der Waals surface area (Å²) >= 11 is 3.45. The van der Waals surface area contributed by atoms with Crippen LogP contribution in [-0.4, -0.2) is 37.6 Å². The quantitative estimate of drug-likeness (QED) is 0.737. The molecule has 1 saturated heterocycles. The second kappa shape index (κ2) is 8.45. The van der Waals surface area contributed by atoms with Gasteiger partial charge in [0.25, 0.3) is 0 Å². The molecule has 0 radical (unpaired) electrons. The van der Waals surface area contributed by atoms with Crippen molar-refractivity contribution in [2.24, 2.45) is 5.92 Å². The normalized spacial score (nSPS) is 17.8. The van der Waals surface area contributed by atoms with Crippen molar-refractivity contribution < 1.29 is 14.3 Å². The Hall–Kier alpha value is -1.40. The Balaban J connectivity index is 1.82. The summed E-state index contributed by atoms with van der Waals surface area (Å²) in [6, 6.07) is 7.56. The molecule has 126 valence electrons. The fraction of sp³-hybridized carbons (Fsp3) is 0.529. The second-order valence-corrected chi connectivity index (χ2v) is 6.78. The number of carbonyl (C=O) groups is 2. The summed E-state index contributed by atoms with van der Waals surface area (Å²) in [6.45, 7) is 5.60. The Morgan fingerprint density at radius 1 is 1.43 bits per heavy atom. The molecule has 2 amide bonds. The first-order valence-corrected chi connectivity index (χ1v) is 8.72. The zero-order valence-electron chi connectivity index (χ0n) is 13.5. The van der Waals surface area contributed by atoms with Gasteiger partial charge in [0.15, 0.2) is 0 Å². The average molecular weight is 383 g/mol. The van der Waals surface area contributed by atoms with Crippen molar-refractivity contribution in [2.45, 2.75) is 32.8 Å². The summed E-state index contributed by atoms with van der Waals surface area (Å²) in [7, 11) is 0. The number of benzene rings is 1. The molecule has 1 heterocycles. The molecule has 1 unspecified atom stereocenters. The smallest absolute Gasteiger partial charge is 0.227 e. The topological polar surface area (TPSA) is 58.6 Å². The highest BCUT2D eigenvalue weighted by Crippen LogP contribution is 2.31. The number of amides is 2. The fourth-order valence-electron chi connectivity index (χ4n) is 2.53. The van der Waals surface area contributed by atoms with Crippen molar-refractivity contribution in [2.75, 3.05) is 24.6 Å². The summed E-state index contributed by atoms with van der Waals surface area (Å²) in [5.41, 5.74) is 0.818. The standard InChI is InChI=1S/C17H23BrN2O3/c1-12(2)23-9-5-8-19-17(22)13-10-16(21)20(11-13)15-7-4-3-6-14(15)18/h3-4,6-7,12-13H,5,8-11H2,1-2H3,(H,19,22). The highest BCUT2D eigenvalue weighted by molar-refractivity contribution is 9.10. The molecule has 23 heavy (non-hydrogen) atoms. The molecule has 2 rings (SSSR count). The van der Waals surface area contributed by atoms with Crippen LogP contribution < -0.4 is 10.2 Å². The number of carbonyl (C=O) groups excluding carboxylic acids is 2. The van der Waals surface area contributed by atoms with E-state index in [1.165, 1.54) is 0 Å². The van der Waals surface area contributed by atoms with Gasteiger partial charge in [0.1, 0.15) is 0 Å². The number of anilines is 1. The van der Waals surface area contributed by atoms with E-state index in [9.17, 15) is 9.59 Å². The molecule has 1 fully saturated rings. The number of nitrogens with one attached hydrogen (secondary N) is 1. The molecular weight excluding hydrogens is 360 g/mol. The number of ether oxygens (including phenoxy) is 1. The molecule has 1 atom stereocenters. The lowest BCUT2D eigenvalue weighted by Gasteiger charge is -2.18. The van der Waals surface area contributed by atoms with Gasteiger partial charge < -0.3 is 15.0 Å². The summed E-state index contributed by atoms with van der Waals surface area (Å²) in [5.74, 6) is -0.363. The SMILES string of the molecule is CC(C)OCCCNC(=O)C1CC(=O)N(c2ccccc2Br)C1. The van der Waals surface area contributed by atoms with Crippen molar-refractivity contribution in [3.8, 4) is 0 Å². The van der Waals surface area contributed by atoms with Gasteiger partial charge in [-0.2, -0.15) is 0 Å². The minimum absolute atomic E-state index is 0.0137. The molecule has 0 bridgehead atoms. The zero-order valence-corrected chi connectivity index (χ0v) is 15.1. The van der Waals surface area contributed by atoms with E-state index in [0.717, 1.165) is 16.6 Å². The number of rotatable bonds is 7. The zero-order chi connectivity index (χ0) is 16.8. The van der Waals surface area contributed by atoms with Crippen molar-refractivity contribution in [3.63, 3.8) is 0 Å². The maximum atomic E-state index is 12.2. The highest BCUT2D eigenvalue weighted by Gasteiger charge is 2.35. The molecule has 1 aromatic rings. The van der Waals surface area contributed by atoms with E-state index in [0.29, 0.717) is 19.7 Å². The van der Waals surface area contributed by atoms with E-state index < -0.39 is 0 Å². The maximum absolute atomic E-state index is 12.2. The van der Waals surface area contributed by atoms with Crippen LogP contribution in [0.15, 0.2) is 28.7 Å². The number of para-hydroxylation sites is 1. The molecule has 6 heteroatoms. The van der Waals surface area contributed by atoms with Gasteiger partial charge in [-0.3, -0.25) is 9.59 Å². The second-order valence-electron chi connectivity index (χ2n) is 5.92. The third kappa shape index (κ3) is 5.04. The van der Waals surface area contributed by atoms with E-state index in [4.69, 9.17) is 4.74 Å². The Kier molecular flexibility index (Phi) is 6.59. The monoisotopic (exact) mass is 382 g/mol. The van der Waals surface area contributed by atoms with Gasteiger partial charge in [0.2, 0.25) is 11.8 Å². The van der Waals surface area contributed by atoms with Crippen LogP contribution in [0.5, 0.6) is 0 Å². The Morgan fingerprint density at radius 3 is 2.87 bits per heavy atom. The van der Waals surface area contributed by atoms with Crippen LogP contribution in [0.4, 0.5) is 5.69 Å². The largest absolute Gasteiger partial charge is 0.379 e. The molecule has 1 aliphatic rings. The molecular formula is C17H23BrN2O3. The van der Waals surface area contributed by atoms with Crippen LogP contribution in [0, 0.1) is 5.92 Å². The van der Waals surface area contributed by atoms with Crippen molar-refractivity contribution in [1.82, 2.24) is 5.32 Å². The predicted octanol–water partition coefficient (Wildman–Crippen LogP) is 2.73. The van der Waals surface area contributed by atoms with Gasteiger partial charge in [-0.15, -0.1) is 0 Å². The van der Waals surface area contributed by atoms with E-state index in [-0.39, 0.29) is 30.3 Å². The van der Waals surface area contributed by atoms with Gasteiger partial charge in [-0.05, 0) is 48.3 Å². The lowest BCUT2D eigenvalue weighted by Crippen LogP contribution is -2.34. The van der Waals surface area contributed by atoms with E-state index in [2.05, 4.69) is 21.2 Å². The number of halogens is 1. The summed E-state index contributed by atoms with van der Waals surface area (Å²) in [5, 5.41) is 2.90. The third-order valence-corrected chi connectivity index (χ3v) is 4.38. The summed E-state index contributed by atoms with van der Waals surface area (Å²) in [4.78, 5) is 26.1. The van der Waals surface area contributed by atoms with Crippen LogP contribution in [0.25, 0.3) is 0 Å².